The van der Waals surface area contributed by atoms with Gasteiger partial charge in [-0.25, -0.2) is 9.37 Å². The Bertz CT molecular complexity index is 1050. The number of para-hydroxylation sites is 3. The zero-order chi connectivity index (χ0) is 18.6. The molecule has 0 bridgehead atoms. The second kappa shape index (κ2) is 7.55. The number of halogens is 1. The minimum Gasteiger partial charge on any atom is -0.481 e. The molecule has 0 radical (unpaired) electrons. The first-order valence-corrected chi connectivity index (χ1v) is 9.15. The first-order valence-electron chi connectivity index (χ1n) is 8.33. The molecule has 0 aliphatic heterocycles. The Morgan fingerprint density at radius 3 is 2.44 bits per heavy atom. The fraction of sp³-hybridized carbons (Fsp3) is 0.0476. The lowest BCUT2D eigenvalue weighted by atomic mass is 10.3. The van der Waals surface area contributed by atoms with Crippen LogP contribution in [-0.4, -0.2) is 17.5 Å². The molecule has 0 aliphatic rings. The molecule has 0 atom stereocenters. The molecule has 4 nitrogen and oxygen atoms in total. The molecule has 1 aromatic heterocycles. The lowest BCUT2D eigenvalue weighted by Crippen LogP contribution is -2.31. The van der Waals surface area contributed by atoms with E-state index >= 15 is 0 Å². The van der Waals surface area contributed by atoms with Gasteiger partial charge < -0.3 is 4.74 Å². The first-order chi connectivity index (χ1) is 13.2. The highest BCUT2D eigenvalue weighted by Crippen LogP contribution is 2.33. The molecule has 3 aromatic carbocycles. The SMILES string of the molecule is O=C(COc1ccccc1F)N(c1ccccc1)c1nc2ccccc2s1. The Morgan fingerprint density at radius 2 is 1.67 bits per heavy atom. The van der Waals surface area contributed by atoms with E-state index in [1.165, 1.54) is 28.4 Å². The Kier molecular flexibility index (Phi) is 4.80. The summed E-state index contributed by atoms with van der Waals surface area (Å²) in [4.78, 5) is 19.0. The number of nitrogens with zero attached hydrogens (tertiary/aromatic N) is 2. The summed E-state index contributed by atoms with van der Waals surface area (Å²) >= 11 is 1.42. The van der Waals surface area contributed by atoms with E-state index in [1.807, 2.05) is 54.6 Å². The van der Waals surface area contributed by atoms with Crippen LogP contribution in [0, 0.1) is 5.82 Å². The van der Waals surface area contributed by atoms with Crippen molar-refractivity contribution in [1.82, 2.24) is 4.98 Å². The van der Waals surface area contributed by atoms with E-state index in [-0.39, 0.29) is 18.3 Å². The maximum absolute atomic E-state index is 13.8. The largest absolute Gasteiger partial charge is 0.481 e. The molecule has 27 heavy (non-hydrogen) atoms. The molecule has 0 N–H and O–H groups in total. The molecule has 0 spiro atoms. The van der Waals surface area contributed by atoms with Gasteiger partial charge >= 0.3 is 0 Å². The van der Waals surface area contributed by atoms with E-state index in [1.54, 1.807) is 12.1 Å². The molecular weight excluding hydrogens is 363 g/mol. The lowest BCUT2D eigenvalue weighted by Gasteiger charge is -2.20. The van der Waals surface area contributed by atoms with Gasteiger partial charge in [-0.3, -0.25) is 9.69 Å². The van der Waals surface area contributed by atoms with Gasteiger partial charge in [0.15, 0.2) is 23.3 Å². The molecule has 1 heterocycles. The summed E-state index contributed by atoms with van der Waals surface area (Å²) < 4.78 is 20.2. The number of amides is 1. The highest BCUT2D eigenvalue weighted by molar-refractivity contribution is 7.22. The van der Waals surface area contributed by atoms with Crippen LogP contribution in [0.1, 0.15) is 0 Å². The Labute approximate surface area is 159 Å². The van der Waals surface area contributed by atoms with Gasteiger partial charge in [-0.15, -0.1) is 0 Å². The Morgan fingerprint density at radius 1 is 0.963 bits per heavy atom. The summed E-state index contributed by atoms with van der Waals surface area (Å²) in [5.74, 6) is -0.789. The molecule has 4 aromatic rings. The highest BCUT2D eigenvalue weighted by atomic mass is 32.1. The monoisotopic (exact) mass is 378 g/mol. The quantitative estimate of drug-likeness (QED) is 0.481. The molecule has 0 aliphatic carbocycles. The predicted octanol–water partition coefficient (Wildman–Crippen LogP) is 5.18. The number of hydrogen-bond donors (Lipinski definition) is 0. The van der Waals surface area contributed by atoms with Crippen LogP contribution in [0.3, 0.4) is 0 Å². The number of hydrogen-bond acceptors (Lipinski definition) is 4. The first kappa shape index (κ1) is 17.2. The highest BCUT2D eigenvalue weighted by Gasteiger charge is 2.22. The van der Waals surface area contributed by atoms with Crippen molar-refractivity contribution in [3.63, 3.8) is 0 Å². The number of anilines is 2. The van der Waals surface area contributed by atoms with Crippen LogP contribution in [0.15, 0.2) is 78.9 Å². The third-order valence-electron chi connectivity index (χ3n) is 3.93. The fourth-order valence-electron chi connectivity index (χ4n) is 2.66. The number of carbonyl (C=O) groups excluding carboxylic acids is 1. The third kappa shape index (κ3) is 3.66. The lowest BCUT2D eigenvalue weighted by molar-refractivity contribution is -0.119. The van der Waals surface area contributed by atoms with Gasteiger partial charge in [-0.05, 0) is 36.4 Å². The Hall–Kier alpha value is -3.25. The van der Waals surface area contributed by atoms with Crippen molar-refractivity contribution in [2.75, 3.05) is 11.5 Å². The number of fused-ring (bicyclic) bond motifs is 1. The summed E-state index contributed by atoms with van der Waals surface area (Å²) in [6, 6.07) is 22.9. The smallest absolute Gasteiger partial charge is 0.271 e. The van der Waals surface area contributed by atoms with Gasteiger partial charge in [0.1, 0.15) is 0 Å². The number of thiazole rings is 1. The van der Waals surface area contributed by atoms with Crippen molar-refractivity contribution in [3.8, 4) is 5.75 Å². The molecule has 0 saturated heterocycles. The zero-order valence-electron chi connectivity index (χ0n) is 14.2. The van der Waals surface area contributed by atoms with Crippen molar-refractivity contribution < 1.29 is 13.9 Å². The van der Waals surface area contributed by atoms with Crippen LogP contribution in [0.2, 0.25) is 0 Å². The van der Waals surface area contributed by atoms with Crippen LogP contribution < -0.4 is 9.64 Å². The summed E-state index contributed by atoms with van der Waals surface area (Å²) in [7, 11) is 0. The molecule has 0 unspecified atom stereocenters. The minimum absolute atomic E-state index is 0.0446. The van der Waals surface area contributed by atoms with E-state index in [0.717, 1.165) is 10.2 Å². The number of rotatable bonds is 5. The molecule has 0 saturated carbocycles. The van der Waals surface area contributed by atoms with E-state index in [9.17, 15) is 9.18 Å². The fourth-order valence-corrected chi connectivity index (χ4v) is 3.66. The van der Waals surface area contributed by atoms with Crippen LogP contribution in [0.25, 0.3) is 10.2 Å². The predicted molar refractivity (Wildman–Crippen MR) is 105 cm³/mol. The molecule has 6 heteroatoms. The van der Waals surface area contributed by atoms with E-state index in [2.05, 4.69) is 4.98 Å². The van der Waals surface area contributed by atoms with E-state index in [0.29, 0.717) is 10.8 Å². The summed E-state index contributed by atoms with van der Waals surface area (Å²) in [5, 5.41) is 0.546. The van der Waals surface area contributed by atoms with Gasteiger partial charge in [-0.1, -0.05) is 53.8 Å². The molecule has 134 valence electrons. The average molecular weight is 378 g/mol. The second-order valence-corrected chi connectivity index (χ2v) is 6.76. The van der Waals surface area contributed by atoms with Crippen molar-refractivity contribution in [3.05, 3.63) is 84.7 Å². The van der Waals surface area contributed by atoms with Crippen molar-refractivity contribution in [2.24, 2.45) is 0 Å². The minimum atomic E-state index is -0.503. The molecular formula is C21H15FN2O2S. The molecule has 0 fully saturated rings. The normalized spacial score (nSPS) is 10.7. The number of benzene rings is 3. The molecule has 4 rings (SSSR count). The number of carbonyl (C=O) groups is 1. The topological polar surface area (TPSA) is 42.4 Å². The van der Waals surface area contributed by atoms with Crippen LogP contribution >= 0.6 is 11.3 Å². The second-order valence-electron chi connectivity index (χ2n) is 5.75. The Balaban J connectivity index is 1.65. The number of ether oxygens (including phenoxy) is 1. The maximum atomic E-state index is 13.8. The van der Waals surface area contributed by atoms with Crippen LogP contribution in [-0.2, 0) is 4.79 Å². The summed E-state index contributed by atoms with van der Waals surface area (Å²) in [5.41, 5.74) is 1.50. The van der Waals surface area contributed by atoms with Gasteiger partial charge in [0.05, 0.1) is 15.9 Å². The zero-order valence-corrected chi connectivity index (χ0v) is 15.0. The van der Waals surface area contributed by atoms with E-state index in [4.69, 9.17) is 4.74 Å². The number of aromatic nitrogens is 1. The average Bonchev–Trinajstić information content (AvgIpc) is 3.12. The van der Waals surface area contributed by atoms with Gasteiger partial charge in [0, 0.05) is 0 Å². The van der Waals surface area contributed by atoms with Crippen LogP contribution in [0.4, 0.5) is 15.2 Å². The van der Waals surface area contributed by atoms with Crippen LogP contribution in [0.5, 0.6) is 5.75 Å². The summed E-state index contributed by atoms with van der Waals surface area (Å²) in [6.07, 6.45) is 0. The van der Waals surface area contributed by atoms with Gasteiger partial charge in [0.25, 0.3) is 5.91 Å². The maximum Gasteiger partial charge on any atom is 0.271 e. The van der Waals surface area contributed by atoms with Crippen molar-refractivity contribution >= 4 is 38.3 Å². The third-order valence-corrected chi connectivity index (χ3v) is 4.95. The van der Waals surface area contributed by atoms with Gasteiger partial charge in [-0.2, -0.15) is 0 Å². The molecule has 1 amide bonds. The van der Waals surface area contributed by atoms with Crippen molar-refractivity contribution in [1.29, 1.82) is 0 Å². The summed E-state index contributed by atoms with van der Waals surface area (Å²) in [6.45, 7) is -0.300. The van der Waals surface area contributed by atoms with E-state index < -0.39 is 5.82 Å². The van der Waals surface area contributed by atoms with Gasteiger partial charge in [0.2, 0.25) is 0 Å². The van der Waals surface area contributed by atoms with Crippen molar-refractivity contribution in [2.45, 2.75) is 0 Å². The standard InChI is InChI=1S/C21H15FN2O2S/c22-16-10-4-6-12-18(16)26-14-20(25)24(15-8-2-1-3-9-15)21-23-17-11-5-7-13-19(17)27-21/h1-13H,14H2.